The first-order valence-corrected chi connectivity index (χ1v) is 4.15. The summed E-state index contributed by atoms with van der Waals surface area (Å²) < 4.78 is 5.12. The van der Waals surface area contributed by atoms with E-state index in [1.165, 1.54) is 0 Å². The summed E-state index contributed by atoms with van der Waals surface area (Å²) in [7, 11) is 0. The molecule has 1 aromatic rings. The van der Waals surface area contributed by atoms with Gasteiger partial charge in [0, 0.05) is 10.6 Å². The molecule has 1 aromatic carbocycles. The van der Waals surface area contributed by atoms with Crippen molar-refractivity contribution in [3.8, 4) is 5.75 Å². The minimum absolute atomic E-state index is 0.124. The van der Waals surface area contributed by atoms with E-state index in [1.807, 2.05) is 6.92 Å². The highest BCUT2D eigenvalue weighted by molar-refractivity contribution is 6.31. The molecular formula is C9H10ClNO2. The van der Waals surface area contributed by atoms with Crippen molar-refractivity contribution in [2.24, 2.45) is 5.73 Å². The van der Waals surface area contributed by atoms with Gasteiger partial charge in [-0.2, -0.15) is 0 Å². The van der Waals surface area contributed by atoms with E-state index in [-0.39, 0.29) is 6.61 Å². The number of carbonyl (C=O) groups is 1. The number of amides is 1. The van der Waals surface area contributed by atoms with Crippen molar-refractivity contribution in [1.82, 2.24) is 0 Å². The van der Waals surface area contributed by atoms with Crippen LogP contribution in [-0.2, 0) is 4.79 Å². The second-order valence-corrected chi connectivity index (χ2v) is 3.03. The normalized spacial score (nSPS) is 9.69. The summed E-state index contributed by atoms with van der Waals surface area (Å²) in [6.07, 6.45) is 0. The minimum atomic E-state index is -0.501. The molecule has 0 fully saturated rings. The van der Waals surface area contributed by atoms with Crippen molar-refractivity contribution in [1.29, 1.82) is 0 Å². The van der Waals surface area contributed by atoms with Crippen molar-refractivity contribution < 1.29 is 9.53 Å². The number of primary amides is 1. The van der Waals surface area contributed by atoms with Crippen LogP contribution in [-0.4, -0.2) is 12.5 Å². The van der Waals surface area contributed by atoms with E-state index in [9.17, 15) is 4.79 Å². The highest BCUT2D eigenvalue weighted by atomic mass is 35.5. The maximum absolute atomic E-state index is 10.4. The quantitative estimate of drug-likeness (QED) is 0.803. The van der Waals surface area contributed by atoms with Gasteiger partial charge >= 0.3 is 0 Å². The summed E-state index contributed by atoms with van der Waals surface area (Å²) in [6.45, 7) is 1.69. The Balaban J connectivity index is 2.77. The number of nitrogens with two attached hydrogens (primary N) is 1. The maximum atomic E-state index is 10.4. The molecule has 0 aliphatic rings. The molecule has 0 bridgehead atoms. The fourth-order valence-electron chi connectivity index (χ4n) is 0.893. The standard InChI is InChI=1S/C9H10ClNO2/c1-6-7(10)3-2-4-8(6)13-5-9(11)12/h2-4H,5H2,1H3,(H2,11,12). The number of ether oxygens (including phenoxy) is 1. The highest BCUT2D eigenvalue weighted by Crippen LogP contribution is 2.24. The van der Waals surface area contributed by atoms with Crippen LogP contribution in [0, 0.1) is 6.92 Å². The van der Waals surface area contributed by atoms with Gasteiger partial charge in [0.25, 0.3) is 5.91 Å². The van der Waals surface area contributed by atoms with Crippen molar-refractivity contribution in [2.75, 3.05) is 6.61 Å². The molecule has 0 heterocycles. The average Bonchev–Trinajstić information content (AvgIpc) is 2.07. The Kier molecular flexibility index (Phi) is 3.14. The van der Waals surface area contributed by atoms with Gasteiger partial charge in [-0.25, -0.2) is 0 Å². The van der Waals surface area contributed by atoms with E-state index in [1.54, 1.807) is 18.2 Å². The van der Waals surface area contributed by atoms with Gasteiger partial charge in [0.1, 0.15) is 5.75 Å². The lowest BCUT2D eigenvalue weighted by atomic mass is 10.2. The molecule has 70 valence electrons. The molecule has 2 N–H and O–H groups in total. The van der Waals surface area contributed by atoms with Gasteiger partial charge in [-0.3, -0.25) is 4.79 Å². The Hall–Kier alpha value is -1.22. The van der Waals surface area contributed by atoms with Gasteiger partial charge < -0.3 is 10.5 Å². The summed E-state index contributed by atoms with van der Waals surface area (Å²) in [5, 5.41) is 0.613. The second kappa shape index (κ2) is 4.14. The van der Waals surface area contributed by atoms with E-state index in [0.29, 0.717) is 10.8 Å². The molecule has 0 saturated carbocycles. The molecule has 0 unspecified atom stereocenters. The van der Waals surface area contributed by atoms with Gasteiger partial charge in [0.2, 0.25) is 0 Å². The third-order valence-electron chi connectivity index (χ3n) is 1.59. The third kappa shape index (κ3) is 2.63. The van der Waals surface area contributed by atoms with Crippen LogP contribution in [0.25, 0.3) is 0 Å². The van der Waals surface area contributed by atoms with Gasteiger partial charge in [-0.15, -0.1) is 0 Å². The summed E-state index contributed by atoms with van der Waals surface area (Å²) in [6, 6.07) is 5.25. The van der Waals surface area contributed by atoms with E-state index in [2.05, 4.69) is 0 Å². The predicted molar refractivity (Wildman–Crippen MR) is 50.9 cm³/mol. The zero-order chi connectivity index (χ0) is 9.84. The molecule has 0 aliphatic heterocycles. The number of hydrogen-bond acceptors (Lipinski definition) is 2. The van der Waals surface area contributed by atoms with Crippen molar-refractivity contribution in [2.45, 2.75) is 6.92 Å². The number of benzene rings is 1. The maximum Gasteiger partial charge on any atom is 0.255 e. The fourth-order valence-corrected chi connectivity index (χ4v) is 1.06. The molecule has 0 aromatic heterocycles. The van der Waals surface area contributed by atoms with Crippen LogP contribution in [0.3, 0.4) is 0 Å². The summed E-state index contributed by atoms with van der Waals surface area (Å²) in [5.74, 6) is 0.0886. The van der Waals surface area contributed by atoms with Crippen molar-refractivity contribution in [3.05, 3.63) is 28.8 Å². The first-order valence-electron chi connectivity index (χ1n) is 3.77. The van der Waals surface area contributed by atoms with Gasteiger partial charge in [-0.05, 0) is 19.1 Å². The first-order chi connectivity index (χ1) is 6.11. The largest absolute Gasteiger partial charge is 0.483 e. The minimum Gasteiger partial charge on any atom is -0.483 e. The Morgan fingerprint density at radius 1 is 1.62 bits per heavy atom. The average molecular weight is 200 g/mol. The van der Waals surface area contributed by atoms with Gasteiger partial charge in [-0.1, -0.05) is 17.7 Å². The second-order valence-electron chi connectivity index (χ2n) is 2.62. The molecule has 0 spiro atoms. The van der Waals surface area contributed by atoms with Crippen LogP contribution < -0.4 is 10.5 Å². The van der Waals surface area contributed by atoms with Crippen LogP contribution >= 0.6 is 11.6 Å². The monoisotopic (exact) mass is 199 g/mol. The van der Waals surface area contributed by atoms with Crippen LogP contribution in [0.1, 0.15) is 5.56 Å². The van der Waals surface area contributed by atoms with Gasteiger partial charge in [0.15, 0.2) is 6.61 Å². The fraction of sp³-hybridized carbons (Fsp3) is 0.222. The van der Waals surface area contributed by atoms with Gasteiger partial charge in [0.05, 0.1) is 0 Å². The Bertz CT molecular complexity index is 325. The lowest BCUT2D eigenvalue weighted by molar-refractivity contribution is -0.119. The zero-order valence-corrected chi connectivity index (χ0v) is 7.97. The summed E-state index contributed by atoms with van der Waals surface area (Å²) in [5.41, 5.74) is 5.74. The molecule has 13 heavy (non-hydrogen) atoms. The molecule has 3 nitrogen and oxygen atoms in total. The van der Waals surface area contributed by atoms with Crippen molar-refractivity contribution >= 4 is 17.5 Å². The zero-order valence-electron chi connectivity index (χ0n) is 7.21. The van der Waals surface area contributed by atoms with E-state index >= 15 is 0 Å². The van der Waals surface area contributed by atoms with Crippen LogP contribution in [0.4, 0.5) is 0 Å². The van der Waals surface area contributed by atoms with Crippen LogP contribution in [0.2, 0.25) is 5.02 Å². The lowest BCUT2D eigenvalue weighted by Crippen LogP contribution is -2.20. The summed E-state index contributed by atoms with van der Waals surface area (Å²) in [4.78, 5) is 10.4. The van der Waals surface area contributed by atoms with Crippen molar-refractivity contribution in [3.63, 3.8) is 0 Å². The Morgan fingerprint density at radius 2 is 2.31 bits per heavy atom. The van der Waals surface area contributed by atoms with E-state index in [4.69, 9.17) is 22.1 Å². The Morgan fingerprint density at radius 3 is 2.92 bits per heavy atom. The molecule has 4 heteroatoms. The van der Waals surface area contributed by atoms with Crippen LogP contribution in [0.15, 0.2) is 18.2 Å². The number of carbonyl (C=O) groups excluding carboxylic acids is 1. The predicted octanol–water partition coefficient (Wildman–Crippen LogP) is 1.51. The highest BCUT2D eigenvalue weighted by Gasteiger charge is 2.03. The number of rotatable bonds is 3. The number of hydrogen-bond donors (Lipinski definition) is 1. The SMILES string of the molecule is Cc1c(Cl)cccc1OCC(N)=O. The molecule has 0 radical (unpaired) electrons. The van der Waals surface area contributed by atoms with Crippen LogP contribution in [0.5, 0.6) is 5.75 Å². The molecule has 1 amide bonds. The first kappa shape index (κ1) is 9.86. The molecule has 0 aliphatic carbocycles. The smallest absolute Gasteiger partial charge is 0.255 e. The summed E-state index contributed by atoms with van der Waals surface area (Å²) >= 11 is 5.83. The molecule has 0 saturated heterocycles. The third-order valence-corrected chi connectivity index (χ3v) is 2.00. The van der Waals surface area contributed by atoms with E-state index < -0.39 is 5.91 Å². The molecule has 1 rings (SSSR count). The molecular weight excluding hydrogens is 190 g/mol. The number of halogens is 1. The lowest BCUT2D eigenvalue weighted by Gasteiger charge is -2.07. The Labute approximate surface area is 81.4 Å². The topological polar surface area (TPSA) is 52.3 Å². The van der Waals surface area contributed by atoms with E-state index in [0.717, 1.165) is 5.56 Å². The molecule has 0 atom stereocenters.